The Balaban J connectivity index is 1.22. The summed E-state index contributed by atoms with van der Waals surface area (Å²) in [5, 5.41) is 2.31. The Morgan fingerprint density at radius 3 is 1.93 bits per heavy atom. The molecule has 1 nitrogen and oxygen atoms in total. The number of hydrogen-bond acceptors (Lipinski definition) is 2. The Bertz CT molecular complexity index is 2490. The van der Waals surface area contributed by atoms with Gasteiger partial charge < -0.3 is 4.42 Å². The Morgan fingerprint density at radius 2 is 1.11 bits per heavy atom. The van der Waals surface area contributed by atoms with Crippen LogP contribution in [0.1, 0.15) is 27.8 Å². The molecule has 2 heteroatoms. The Hall–Kier alpha value is -5.31. The van der Waals surface area contributed by atoms with Gasteiger partial charge in [0.1, 0.15) is 11.2 Å². The van der Waals surface area contributed by atoms with Crippen molar-refractivity contribution >= 4 is 33.7 Å². The van der Waals surface area contributed by atoms with E-state index in [9.17, 15) is 0 Å². The second-order valence-corrected chi connectivity index (χ2v) is 13.6. The van der Waals surface area contributed by atoms with Crippen molar-refractivity contribution < 1.29 is 4.42 Å². The van der Waals surface area contributed by atoms with E-state index in [1.807, 2.05) is 23.9 Å². The minimum Gasteiger partial charge on any atom is -0.456 e. The van der Waals surface area contributed by atoms with Crippen molar-refractivity contribution in [2.75, 3.05) is 0 Å². The van der Waals surface area contributed by atoms with Crippen molar-refractivity contribution in [2.45, 2.75) is 22.1 Å². The molecule has 0 radical (unpaired) electrons. The summed E-state index contributed by atoms with van der Waals surface area (Å²) in [5.74, 6) is 0. The predicted octanol–water partition coefficient (Wildman–Crippen LogP) is 12.1. The van der Waals surface area contributed by atoms with Crippen molar-refractivity contribution in [3.05, 3.63) is 179 Å². The zero-order valence-electron chi connectivity index (χ0n) is 25.3. The van der Waals surface area contributed by atoms with Crippen LogP contribution in [0.3, 0.4) is 0 Å². The largest absolute Gasteiger partial charge is 0.456 e. The first kappa shape index (κ1) is 26.0. The van der Waals surface area contributed by atoms with Gasteiger partial charge in [0.05, 0.1) is 5.41 Å². The first-order valence-corrected chi connectivity index (χ1v) is 16.7. The van der Waals surface area contributed by atoms with Gasteiger partial charge in [0.25, 0.3) is 0 Å². The third-order valence-electron chi connectivity index (χ3n) is 9.98. The van der Waals surface area contributed by atoms with Crippen molar-refractivity contribution in [2.24, 2.45) is 0 Å². The highest BCUT2D eigenvalue weighted by atomic mass is 32.2. The number of hydrogen-bond donors (Lipinski definition) is 0. The summed E-state index contributed by atoms with van der Waals surface area (Å²) in [6, 6.07) is 55.9. The summed E-state index contributed by atoms with van der Waals surface area (Å²) in [6.45, 7) is 2.25. The molecular formula is C44H28OS. The molecule has 216 valence electrons. The summed E-state index contributed by atoms with van der Waals surface area (Å²) >= 11 is 1.92. The molecule has 0 N–H and O–H groups in total. The molecule has 1 aliphatic carbocycles. The number of aryl methyl sites for hydroxylation is 1. The van der Waals surface area contributed by atoms with Gasteiger partial charge in [-0.25, -0.2) is 0 Å². The first-order chi connectivity index (χ1) is 22.7. The maximum absolute atomic E-state index is 6.13. The van der Waals surface area contributed by atoms with Crippen molar-refractivity contribution in [3.63, 3.8) is 0 Å². The second kappa shape index (κ2) is 9.59. The maximum Gasteiger partial charge on any atom is 0.135 e. The average molecular weight is 605 g/mol. The number of benzene rings is 7. The van der Waals surface area contributed by atoms with Crippen LogP contribution in [-0.4, -0.2) is 0 Å². The fourth-order valence-corrected chi connectivity index (χ4v) is 9.39. The molecule has 2 aliphatic rings. The summed E-state index contributed by atoms with van der Waals surface area (Å²) in [7, 11) is 0. The lowest BCUT2D eigenvalue weighted by Gasteiger charge is -2.40. The van der Waals surface area contributed by atoms with E-state index in [2.05, 4.69) is 146 Å². The van der Waals surface area contributed by atoms with Crippen LogP contribution in [0.2, 0.25) is 0 Å². The van der Waals surface area contributed by atoms with Crippen molar-refractivity contribution in [1.82, 2.24) is 0 Å². The van der Waals surface area contributed by atoms with Crippen LogP contribution in [0.25, 0.3) is 55.3 Å². The molecule has 7 aromatic carbocycles. The highest BCUT2D eigenvalue weighted by molar-refractivity contribution is 7.99. The average Bonchev–Trinajstić information content (AvgIpc) is 3.62. The molecule has 0 unspecified atom stereocenters. The van der Waals surface area contributed by atoms with Crippen LogP contribution in [0.5, 0.6) is 0 Å². The molecule has 2 heterocycles. The van der Waals surface area contributed by atoms with E-state index in [0.717, 1.165) is 21.9 Å². The standard InChI is InChI=1S/C44H28OS/c1-27-23-34(30-12-10-11-28(25-30)29-21-22-41-35(26-29)33-15-4-8-19-40(33)45-41)43-39(24-27)44(38-18-7-9-20-42(38)46-43)36-16-5-2-13-31(36)32-14-3-6-17-37(32)44/h2-26H,1H3. The molecule has 0 saturated heterocycles. The highest BCUT2D eigenvalue weighted by Gasteiger charge is 2.50. The molecule has 0 fully saturated rings. The Labute approximate surface area is 272 Å². The number of rotatable bonds is 2. The van der Waals surface area contributed by atoms with E-state index in [4.69, 9.17) is 4.42 Å². The van der Waals surface area contributed by atoms with Crippen LogP contribution in [-0.2, 0) is 5.41 Å². The van der Waals surface area contributed by atoms with Gasteiger partial charge in [-0.1, -0.05) is 139 Å². The van der Waals surface area contributed by atoms with Crippen LogP contribution in [0.4, 0.5) is 0 Å². The van der Waals surface area contributed by atoms with E-state index in [-0.39, 0.29) is 5.41 Å². The van der Waals surface area contributed by atoms with E-state index in [1.54, 1.807) is 0 Å². The van der Waals surface area contributed by atoms with Gasteiger partial charge >= 0.3 is 0 Å². The van der Waals surface area contributed by atoms with E-state index < -0.39 is 0 Å². The lowest BCUT2D eigenvalue weighted by molar-refractivity contribution is 0.669. The van der Waals surface area contributed by atoms with Crippen LogP contribution in [0, 0.1) is 6.92 Å². The normalized spacial score (nSPS) is 13.8. The fraction of sp³-hybridized carbons (Fsp3) is 0.0455. The van der Waals surface area contributed by atoms with Gasteiger partial charge in [0.2, 0.25) is 0 Å². The van der Waals surface area contributed by atoms with Crippen molar-refractivity contribution in [3.8, 4) is 33.4 Å². The number of furan rings is 1. The van der Waals surface area contributed by atoms with Gasteiger partial charge in [-0.3, -0.25) is 0 Å². The van der Waals surface area contributed by atoms with E-state index in [0.29, 0.717) is 0 Å². The number of fused-ring (bicyclic) bond motifs is 12. The molecule has 0 amide bonds. The first-order valence-electron chi connectivity index (χ1n) is 15.8. The minimum absolute atomic E-state index is 0.379. The highest BCUT2D eigenvalue weighted by Crippen LogP contribution is 2.63. The zero-order valence-corrected chi connectivity index (χ0v) is 26.1. The molecule has 0 atom stereocenters. The van der Waals surface area contributed by atoms with Crippen LogP contribution >= 0.6 is 11.8 Å². The second-order valence-electron chi connectivity index (χ2n) is 12.5. The van der Waals surface area contributed by atoms with E-state index in [1.165, 1.54) is 71.0 Å². The van der Waals surface area contributed by atoms with Gasteiger partial charge in [-0.05, 0) is 92.9 Å². The van der Waals surface area contributed by atoms with Gasteiger partial charge in [-0.2, -0.15) is 0 Å². The van der Waals surface area contributed by atoms with Gasteiger partial charge in [0, 0.05) is 20.6 Å². The van der Waals surface area contributed by atoms with Crippen LogP contribution < -0.4 is 0 Å². The Morgan fingerprint density at radius 1 is 0.457 bits per heavy atom. The SMILES string of the molecule is Cc1cc(-c2cccc(-c3ccc4oc5ccccc5c4c3)c2)c2c(c1)C1(c3ccccc3S2)c2ccccc2-c2ccccc21. The molecule has 46 heavy (non-hydrogen) atoms. The lowest BCUT2D eigenvalue weighted by Crippen LogP contribution is -2.32. The van der Waals surface area contributed by atoms with Crippen LogP contribution in [0.15, 0.2) is 166 Å². The lowest BCUT2D eigenvalue weighted by atomic mass is 9.66. The molecule has 1 spiro atoms. The molecule has 1 aromatic heterocycles. The fourth-order valence-electron chi connectivity index (χ4n) is 8.08. The van der Waals surface area contributed by atoms with Crippen molar-refractivity contribution in [1.29, 1.82) is 0 Å². The summed E-state index contributed by atoms with van der Waals surface area (Å²) in [6.07, 6.45) is 0. The monoisotopic (exact) mass is 604 g/mol. The topological polar surface area (TPSA) is 13.1 Å². The zero-order chi connectivity index (χ0) is 30.4. The molecule has 8 aromatic rings. The predicted molar refractivity (Wildman–Crippen MR) is 191 cm³/mol. The third-order valence-corrected chi connectivity index (χ3v) is 11.2. The van der Waals surface area contributed by atoms with Gasteiger partial charge in [0.15, 0.2) is 0 Å². The van der Waals surface area contributed by atoms with E-state index >= 15 is 0 Å². The summed E-state index contributed by atoms with van der Waals surface area (Å²) in [4.78, 5) is 2.66. The maximum atomic E-state index is 6.13. The molecule has 10 rings (SSSR count). The van der Waals surface area contributed by atoms with Gasteiger partial charge in [-0.15, -0.1) is 0 Å². The molecule has 1 aliphatic heterocycles. The summed E-state index contributed by atoms with van der Waals surface area (Å²) in [5.41, 5.74) is 15.8. The quantitative estimate of drug-likeness (QED) is 0.195. The Kier molecular flexibility index (Phi) is 5.41. The molecule has 0 bridgehead atoms. The molecule has 0 saturated carbocycles. The smallest absolute Gasteiger partial charge is 0.135 e. The molecular weight excluding hydrogens is 577 g/mol. The summed E-state index contributed by atoms with van der Waals surface area (Å²) < 4.78 is 6.13. The third kappa shape index (κ3) is 3.48. The minimum atomic E-state index is -0.379. The number of para-hydroxylation sites is 1.